The lowest BCUT2D eigenvalue weighted by atomic mass is 9.79. The molecule has 0 aromatic heterocycles. The molecule has 3 unspecified atom stereocenters. The first-order valence-electron chi connectivity index (χ1n) is 7.72. The van der Waals surface area contributed by atoms with Crippen LogP contribution < -0.4 is 5.32 Å². The van der Waals surface area contributed by atoms with Gasteiger partial charge in [0.15, 0.2) is 0 Å². The van der Waals surface area contributed by atoms with E-state index in [9.17, 15) is 13.9 Å². The van der Waals surface area contributed by atoms with Crippen molar-refractivity contribution in [1.82, 2.24) is 5.32 Å². The Hall–Kier alpha value is -1.00. The lowest BCUT2D eigenvalue weighted by molar-refractivity contribution is -0.0135. The highest BCUT2D eigenvalue weighted by Gasteiger charge is 2.32. The monoisotopic (exact) mass is 297 g/mol. The van der Waals surface area contributed by atoms with Crippen LogP contribution in [0.5, 0.6) is 0 Å². The number of hydrogen-bond acceptors (Lipinski definition) is 2. The van der Waals surface area contributed by atoms with Crippen LogP contribution in [0.2, 0.25) is 0 Å². The van der Waals surface area contributed by atoms with Crippen molar-refractivity contribution in [3.63, 3.8) is 0 Å². The third-order valence-electron chi connectivity index (χ3n) is 4.55. The zero-order chi connectivity index (χ0) is 15.6. The third-order valence-corrected chi connectivity index (χ3v) is 4.55. The van der Waals surface area contributed by atoms with Crippen LogP contribution in [0.25, 0.3) is 0 Å². The molecule has 3 atom stereocenters. The number of benzene rings is 1. The van der Waals surface area contributed by atoms with Crippen molar-refractivity contribution in [2.45, 2.75) is 58.1 Å². The number of hydrogen-bond donors (Lipinski definition) is 2. The summed E-state index contributed by atoms with van der Waals surface area (Å²) in [6.45, 7) is 5.89. The third kappa shape index (κ3) is 4.01. The zero-order valence-electron chi connectivity index (χ0n) is 13.0. The quantitative estimate of drug-likeness (QED) is 0.884. The minimum Gasteiger partial charge on any atom is -0.389 e. The Bertz CT molecular complexity index is 506. The molecule has 1 saturated carbocycles. The van der Waals surface area contributed by atoms with Crippen LogP contribution in [-0.2, 0) is 0 Å². The van der Waals surface area contributed by atoms with Gasteiger partial charge in [0.1, 0.15) is 11.6 Å². The van der Waals surface area contributed by atoms with Crippen LogP contribution in [-0.4, -0.2) is 17.3 Å². The molecular formula is C17H25F2NO. The van der Waals surface area contributed by atoms with E-state index >= 15 is 0 Å². The molecule has 2 rings (SSSR count). The van der Waals surface area contributed by atoms with Gasteiger partial charge in [-0.05, 0) is 50.3 Å². The van der Waals surface area contributed by atoms with Crippen LogP contribution >= 0.6 is 0 Å². The molecule has 4 heteroatoms. The standard InChI is InChI=1S/C17H25F2NO/c1-11-5-4-6-17(21,9-11)10-20-13(3)14-8-15(18)12(2)7-16(14)19/h7-8,11,13,20-21H,4-6,9-10H2,1-3H3. The van der Waals surface area contributed by atoms with Crippen molar-refractivity contribution in [3.05, 3.63) is 34.9 Å². The normalized spacial score (nSPS) is 27.6. The summed E-state index contributed by atoms with van der Waals surface area (Å²) in [6.07, 6.45) is 3.69. The van der Waals surface area contributed by atoms with Gasteiger partial charge in [-0.2, -0.15) is 0 Å². The maximum atomic E-state index is 13.9. The lowest BCUT2D eigenvalue weighted by Gasteiger charge is -2.36. The molecule has 1 aromatic rings. The van der Waals surface area contributed by atoms with Gasteiger partial charge in [0.25, 0.3) is 0 Å². The van der Waals surface area contributed by atoms with Gasteiger partial charge in [-0.3, -0.25) is 0 Å². The van der Waals surface area contributed by atoms with Crippen molar-refractivity contribution in [3.8, 4) is 0 Å². The van der Waals surface area contributed by atoms with Crippen LogP contribution in [0.3, 0.4) is 0 Å². The van der Waals surface area contributed by atoms with Crippen LogP contribution in [0.15, 0.2) is 12.1 Å². The fourth-order valence-corrected chi connectivity index (χ4v) is 3.24. The highest BCUT2D eigenvalue weighted by molar-refractivity contribution is 5.27. The van der Waals surface area contributed by atoms with Crippen molar-refractivity contribution in [2.24, 2.45) is 5.92 Å². The van der Waals surface area contributed by atoms with E-state index < -0.39 is 17.2 Å². The molecule has 0 saturated heterocycles. The Morgan fingerprint density at radius 1 is 1.38 bits per heavy atom. The zero-order valence-corrected chi connectivity index (χ0v) is 13.0. The van der Waals surface area contributed by atoms with E-state index in [0.29, 0.717) is 23.6 Å². The van der Waals surface area contributed by atoms with Crippen molar-refractivity contribution >= 4 is 0 Å². The average molecular weight is 297 g/mol. The first-order valence-corrected chi connectivity index (χ1v) is 7.72. The van der Waals surface area contributed by atoms with E-state index in [1.165, 1.54) is 12.1 Å². The molecule has 0 bridgehead atoms. The summed E-state index contributed by atoms with van der Waals surface area (Å²) in [5.74, 6) is -0.294. The highest BCUT2D eigenvalue weighted by atomic mass is 19.1. The van der Waals surface area contributed by atoms with Gasteiger partial charge in [-0.1, -0.05) is 19.8 Å². The predicted molar refractivity (Wildman–Crippen MR) is 80.1 cm³/mol. The van der Waals surface area contributed by atoms with Gasteiger partial charge in [-0.15, -0.1) is 0 Å². The number of aryl methyl sites for hydroxylation is 1. The molecule has 0 radical (unpaired) electrons. The van der Waals surface area contributed by atoms with Gasteiger partial charge in [0.2, 0.25) is 0 Å². The molecule has 1 fully saturated rings. The minimum atomic E-state index is -0.731. The fraction of sp³-hybridized carbons (Fsp3) is 0.647. The summed E-state index contributed by atoms with van der Waals surface area (Å²) < 4.78 is 27.5. The van der Waals surface area contributed by atoms with Gasteiger partial charge in [0.05, 0.1) is 5.60 Å². The minimum absolute atomic E-state index is 0.309. The Labute approximate surface area is 125 Å². The first-order chi connectivity index (χ1) is 9.81. The molecule has 1 aliphatic rings. The number of nitrogens with one attached hydrogen (secondary N) is 1. The molecule has 1 aromatic carbocycles. The topological polar surface area (TPSA) is 32.3 Å². The van der Waals surface area contributed by atoms with E-state index in [1.807, 2.05) is 0 Å². The molecule has 0 amide bonds. The van der Waals surface area contributed by atoms with Crippen molar-refractivity contribution in [1.29, 1.82) is 0 Å². The summed E-state index contributed by atoms with van der Waals surface area (Å²) in [6, 6.07) is 2.14. The second kappa shape index (κ2) is 6.41. The number of rotatable bonds is 4. The van der Waals surface area contributed by atoms with E-state index in [0.717, 1.165) is 25.7 Å². The Kier molecular flexibility index (Phi) is 4.99. The molecule has 1 aliphatic carbocycles. The first kappa shape index (κ1) is 16.4. The lowest BCUT2D eigenvalue weighted by Crippen LogP contribution is -2.44. The fourth-order valence-electron chi connectivity index (χ4n) is 3.24. The molecule has 0 aliphatic heterocycles. The van der Waals surface area contributed by atoms with Gasteiger partial charge >= 0.3 is 0 Å². The molecule has 2 nitrogen and oxygen atoms in total. The molecule has 0 spiro atoms. The van der Waals surface area contributed by atoms with Crippen molar-refractivity contribution < 1.29 is 13.9 Å². The Balaban J connectivity index is 2.01. The van der Waals surface area contributed by atoms with E-state index in [2.05, 4.69) is 12.2 Å². The Morgan fingerprint density at radius 2 is 2.10 bits per heavy atom. The number of halogens is 2. The Morgan fingerprint density at radius 3 is 2.76 bits per heavy atom. The van der Waals surface area contributed by atoms with Crippen LogP contribution in [0.1, 0.15) is 56.7 Å². The summed E-state index contributed by atoms with van der Waals surface area (Å²) >= 11 is 0. The van der Waals surface area contributed by atoms with Gasteiger partial charge < -0.3 is 10.4 Å². The summed E-state index contributed by atoms with van der Waals surface area (Å²) in [5.41, 5.74) is -0.111. The molecular weight excluding hydrogens is 272 g/mol. The number of aliphatic hydroxyl groups is 1. The second-order valence-electron chi connectivity index (χ2n) is 6.65. The maximum Gasteiger partial charge on any atom is 0.128 e. The molecule has 2 N–H and O–H groups in total. The van der Waals surface area contributed by atoms with Crippen molar-refractivity contribution in [2.75, 3.05) is 6.54 Å². The van der Waals surface area contributed by atoms with Crippen LogP contribution in [0, 0.1) is 24.5 Å². The second-order valence-corrected chi connectivity index (χ2v) is 6.65. The summed E-state index contributed by atoms with van der Waals surface area (Å²) in [4.78, 5) is 0. The molecule has 21 heavy (non-hydrogen) atoms. The van der Waals surface area contributed by atoms with E-state index in [1.54, 1.807) is 13.8 Å². The molecule has 118 valence electrons. The summed E-state index contributed by atoms with van der Waals surface area (Å²) in [7, 11) is 0. The SMILES string of the molecule is Cc1cc(F)c(C(C)NCC2(O)CCCC(C)C2)cc1F. The molecule has 0 heterocycles. The van der Waals surface area contributed by atoms with Gasteiger partial charge in [0, 0.05) is 18.2 Å². The summed E-state index contributed by atoms with van der Waals surface area (Å²) in [5, 5.41) is 13.7. The highest BCUT2D eigenvalue weighted by Crippen LogP contribution is 2.32. The largest absolute Gasteiger partial charge is 0.389 e. The van der Waals surface area contributed by atoms with Crippen LogP contribution in [0.4, 0.5) is 8.78 Å². The maximum absolute atomic E-state index is 13.9. The predicted octanol–water partition coefficient (Wildman–Crippen LogP) is 3.87. The smallest absolute Gasteiger partial charge is 0.128 e. The average Bonchev–Trinajstić information content (AvgIpc) is 2.40. The van der Waals surface area contributed by atoms with Gasteiger partial charge in [-0.25, -0.2) is 8.78 Å². The van der Waals surface area contributed by atoms with E-state index in [-0.39, 0.29) is 6.04 Å². The van der Waals surface area contributed by atoms with E-state index in [4.69, 9.17) is 0 Å².